The van der Waals surface area contributed by atoms with Crippen molar-refractivity contribution in [3.8, 4) is 0 Å². The van der Waals surface area contributed by atoms with Crippen LogP contribution >= 0.6 is 31.9 Å². The second-order valence-electron chi connectivity index (χ2n) is 4.49. The molecule has 1 unspecified atom stereocenters. The van der Waals surface area contributed by atoms with Gasteiger partial charge in [-0.05, 0) is 48.4 Å². The Labute approximate surface area is 135 Å². The molecule has 0 spiro atoms. The van der Waals surface area contributed by atoms with Crippen molar-refractivity contribution < 1.29 is 4.39 Å². The summed E-state index contributed by atoms with van der Waals surface area (Å²) in [6.07, 6.45) is 3.92. The summed E-state index contributed by atoms with van der Waals surface area (Å²) in [5.41, 5.74) is 1.87. The van der Waals surface area contributed by atoms with Crippen LogP contribution in [0.5, 0.6) is 0 Å². The van der Waals surface area contributed by atoms with Gasteiger partial charge in [0.15, 0.2) is 0 Å². The average Bonchev–Trinajstić information content (AvgIpc) is 2.43. The first-order valence-corrected chi connectivity index (χ1v) is 7.99. The number of halogens is 3. The lowest BCUT2D eigenvalue weighted by molar-refractivity contribution is 0.579. The van der Waals surface area contributed by atoms with Gasteiger partial charge in [0.05, 0.1) is 12.2 Å². The number of hydrogen-bond donors (Lipinski definition) is 1. The summed E-state index contributed by atoms with van der Waals surface area (Å²) in [6.45, 7) is 2.95. The van der Waals surface area contributed by atoms with Crippen molar-refractivity contribution in [1.82, 2.24) is 10.3 Å². The van der Waals surface area contributed by atoms with Crippen LogP contribution in [0.4, 0.5) is 4.39 Å². The molecule has 20 heavy (non-hydrogen) atoms. The van der Waals surface area contributed by atoms with E-state index in [1.165, 1.54) is 12.3 Å². The van der Waals surface area contributed by atoms with Crippen molar-refractivity contribution in [2.24, 2.45) is 0 Å². The van der Waals surface area contributed by atoms with E-state index in [-0.39, 0.29) is 11.9 Å². The molecule has 0 amide bonds. The molecule has 0 bridgehead atoms. The van der Waals surface area contributed by atoms with E-state index in [9.17, 15) is 4.39 Å². The number of hydrogen-bond acceptors (Lipinski definition) is 2. The SMILES string of the molecule is CCCNC(c1cncc(F)c1)c1cc(Br)ccc1Br. The topological polar surface area (TPSA) is 24.9 Å². The number of nitrogens with zero attached hydrogens (tertiary/aromatic N) is 1. The van der Waals surface area contributed by atoms with E-state index in [4.69, 9.17) is 0 Å². The fourth-order valence-corrected chi connectivity index (χ4v) is 2.87. The van der Waals surface area contributed by atoms with Gasteiger partial charge in [0, 0.05) is 15.1 Å². The minimum absolute atomic E-state index is 0.0926. The zero-order valence-corrected chi connectivity index (χ0v) is 14.2. The Balaban J connectivity index is 2.44. The highest BCUT2D eigenvalue weighted by Gasteiger charge is 2.17. The van der Waals surface area contributed by atoms with Gasteiger partial charge in [0.2, 0.25) is 0 Å². The summed E-state index contributed by atoms with van der Waals surface area (Å²) in [5.74, 6) is -0.322. The Kier molecular flexibility index (Phi) is 5.69. The Hall–Kier alpha value is -0.780. The Morgan fingerprint density at radius 2 is 2.05 bits per heavy atom. The fraction of sp³-hybridized carbons (Fsp3) is 0.267. The lowest BCUT2D eigenvalue weighted by atomic mass is 10.00. The average molecular weight is 402 g/mol. The summed E-state index contributed by atoms with van der Waals surface area (Å²) < 4.78 is 15.4. The second kappa shape index (κ2) is 7.29. The van der Waals surface area contributed by atoms with Crippen molar-refractivity contribution in [3.63, 3.8) is 0 Å². The van der Waals surface area contributed by atoms with Gasteiger partial charge in [-0.25, -0.2) is 4.39 Å². The minimum atomic E-state index is -0.322. The van der Waals surface area contributed by atoms with Crippen LogP contribution in [0.2, 0.25) is 0 Å². The predicted molar refractivity (Wildman–Crippen MR) is 86.2 cm³/mol. The summed E-state index contributed by atoms with van der Waals surface area (Å²) >= 11 is 7.05. The normalized spacial score (nSPS) is 12.4. The fourth-order valence-electron chi connectivity index (χ4n) is 2.02. The standard InChI is InChI=1S/C15H15Br2FN2/c1-2-5-20-15(10-6-12(18)9-19-8-10)13-7-11(16)3-4-14(13)17/h3-4,6-9,15,20H,2,5H2,1H3. The van der Waals surface area contributed by atoms with Crippen molar-refractivity contribution >= 4 is 31.9 Å². The van der Waals surface area contributed by atoms with E-state index in [0.717, 1.165) is 33.0 Å². The zero-order chi connectivity index (χ0) is 14.5. The molecule has 0 aliphatic rings. The number of benzene rings is 1. The molecule has 0 saturated heterocycles. The molecule has 1 aromatic heterocycles. The van der Waals surface area contributed by atoms with Gasteiger partial charge < -0.3 is 5.32 Å². The largest absolute Gasteiger partial charge is 0.306 e. The van der Waals surface area contributed by atoms with Crippen LogP contribution in [-0.2, 0) is 0 Å². The van der Waals surface area contributed by atoms with E-state index in [0.29, 0.717) is 0 Å². The molecule has 106 valence electrons. The van der Waals surface area contributed by atoms with Gasteiger partial charge in [0.1, 0.15) is 5.82 Å². The summed E-state index contributed by atoms with van der Waals surface area (Å²) in [4.78, 5) is 3.95. The minimum Gasteiger partial charge on any atom is -0.306 e. The maximum Gasteiger partial charge on any atom is 0.141 e. The van der Waals surface area contributed by atoms with Crippen LogP contribution in [0.3, 0.4) is 0 Å². The van der Waals surface area contributed by atoms with E-state index >= 15 is 0 Å². The van der Waals surface area contributed by atoms with E-state index in [2.05, 4.69) is 49.1 Å². The van der Waals surface area contributed by atoms with E-state index in [1.54, 1.807) is 6.20 Å². The quantitative estimate of drug-likeness (QED) is 0.775. The van der Waals surface area contributed by atoms with E-state index < -0.39 is 0 Å². The molecule has 2 rings (SSSR count). The molecule has 1 heterocycles. The Bertz CT molecular complexity index is 590. The van der Waals surface area contributed by atoms with Crippen LogP contribution in [0, 0.1) is 5.82 Å². The molecule has 1 N–H and O–H groups in total. The first kappa shape index (κ1) is 15.6. The molecule has 1 atom stereocenters. The predicted octanol–water partition coefficient (Wildman–Crippen LogP) is 4.83. The highest BCUT2D eigenvalue weighted by Crippen LogP contribution is 2.31. The molecule has 0 aliphatic carbocycles. The van der Waals surface area contributed by atoms with Gasteiger partial charge in [-0.1, -0.05) is 38.8 Å². The number of pyridine rings is 1. The third-order valence-electron chi connectivity index (χ3n) is 2.93. The van der Waals surface area contributed by atoms with Crippen LogP contribution in [0.1, 0.15) is 30.5 Å². The Morgan fingerprint density at radius 1 is 1.25 bits per heavy atom. The zero-order valence-electron chi connectivity index (χ0n) is 11.0. The Morgan fingerprint density at radius 3 is 2.75 bits per heavy atom. The molecule has 1 aromatic carbocycles. The maximum absolute atomic E-state index is 13.4. The third-order valence-corrected chi connectivity index (χ3v) is 4.14. The van der Waals surface area contributed by atoms with Gasteiger partial charge >= 0.3 is 0 Å². The monoisotopic (exact) mass is 400 g/mol. The molecule has 2 nitrogen and oxygen atoms in total. The molecule has 5 heteroatoms. The smallest absolute Gasteiger partial charge is 0.141 e. The van der Waals surface area contributed by atoms with Gasteiger partial charge in [-0.2, -0.15) is 0 Å². The van der Waals surface area contributed by atoms with Gasteiger partial charge in [0.25, 0.3) is 0 Å². The molecule has 2 aromatic rings. The van der Waals surface area contributed by atoms with E-state index in [1.807, 2.05) is 18.2 Å². The van der Waals surface area contributed by atoms with Crippen molar-refractivity contribution in [2.45, 2.75) is 19.4 Å². The van der Waals surface area contributed by atoms with Crippen LogP contribution in [0.25, 0.3) is 0 Å². The molecule has 0 radical (unpaired) electrons. The second-order valence-corrected chi connectivity index (χ2v) is 6.26. The summed E-state index contributed by atoms with van der Waals surface area (Å²) in [5, 5.41) is 3.44. The maximum atomic E-state index is 13.4. The molecule has 0 fully saturated rings. The van der Waals surface area contributed by atoms with Crippen molar-refractivity contribution in [1.29, 1.82) is 0 Å². The summed E-state index contributed by atoms with van der Waals surface area (Å²) in [6, 6.07) is 7.40. The lowest BCUT2D eigenvalue weighted by Crippen LogP contribution is -2.23. The molecule has 0 aliphatic heterocycles. The van der Waals surface area contributed by atoms with Crippen molar-refractivity contribution in [2.75, 3.05) is 6.54 Å². The van der Waals surface area contributed by atoms with Gasteiger partial charge in [-0.3, -0.25) is 4.98 Å². The number of nitrogens with one attached hydrogen (secondary N) is 1. The third kappa shape index (κ3) is 3.87. The van der Waals surface area contributed by atoms with Gasteiger partial charge in [-0.15, -0.1) is 0 Å². The van der Waals surface area contributed by atoms with Crippen LogP contribution < -0.4 is 5.32 Å². The highest BCUT2D eigenvalue weighted by atomic mass is 79.9. The molecular formula is C15H15Br2FN2. The lowest BCUT2D eigenvalue weighted by Gasteiger charge is -2.21. The molecule has 0 saturated carbocycles. The number of rotatable bonds is 5. The summed E-state index contributed by atoms with van der Waals surface area (Å²) in [7, 11) is 0. The first-order chi connectivity index (χ1) is 9.61. The molecular weight excluding hydrogens is 387 g/mol. The number of aromatic nitrogens is 1. The van der Waals surface area contributed by atoms with Crippen LogP contribution in [-0.4, -0.2) is 11.5 Å². The highest BCUT2D eigenvalue weighted by molar-refractivity contribution is 9.11. The van der Waals surface area contributed by atoms with Crippen molar-refractivity contribution in [3.05, 3.63) is 62.5 Å². The van der Waals surface area contributed by atoms with Crippen LogP contribution in [0.15, 0.2) is 45.6 Å². The first-order valence-electron chi connectivity index (χ1n) is 6.40.